The smallest absolute Gasteiger partial charge is 0.0681 e. The number of rotatable bonds is 3. The van der Waals surface area contributed by atoms with Crippen molar-refractivity contribution in [1.82, 2.24) is 0 Å². The molecule has 2 heteroatoms. The van der Waals surface area contributed by atoms with Gasteiger partial charge in [0.2, 0.25) is 0 Å². The van der Waals surface area contributed by atoms with Crippen molar-refractivity contribution in [1.29, 1.82) is 0 Å². The van der Waals surface area contributed by atoms with Crippen LogP contribution in [0.15, 0.2) is 12.2 Å². The van der Waals surface area contributed by atoms with E-state index >= 15 is 0 Å². The quantitative estimate of drug-likeness (QED) is 0.405. The Hall–Kier alpha value is -0.0100. The summed E-state index contributed by atoms with van der Waals surface area (Å²) in [6.07, 6.45) is 0. The van der Waals surface area contributed by atoms with Crippen LogP contribution in [-0.2, 0) is 4.74 Å². The Kier molecular flexibility index (Phi) is 4.15. The molecule has 0 saturated heterocycles. The largest absolute Gasteiger partial charge is 0.380 e. The summed E-state index contributed by atoms with van der Waals surface area (Å²) in [5.74, 6) is 0.494. The van der Waals surface area contributed by atoms with Crippen LogP contribution < -0.4 is 0 Å². The molecule has 0 heterocycles. The van der Waals surface area contributed by atoms with E-state index in [0.717, 1.165) is 5.57 Å². The van der Waals surface area contributed by atoms with Gasteiger partial charge in [0.15, 0.2) is 0 Å². The highest BCUT2D eigenvalue weighted by atomic mass is 35.5. The molecule has 0 saturated carbocycles. The molecule has 0 aliphatic carbocycles. The van der Waals surface area contributed by atoms with Gasteiger partial charge in [-0.3, -0.25) is 0 Å². The molecule has 0 N–H and O–H groups in total. The van der Waals surface area contributed by atoms with Gasteiger partial charge < -0.3 is 4.74 Å². The van der Waals surface area contributed by atoms with Crippen molar-refractivity contribution in [2.45, 2.75) is 0 Å². The molecule has 0 aliphatic rings. The Morgan fingerprint density at radius 1 is 1.86 bits per heavy atom. The van der Waals surface area contributed by atoms with Crippen molar-refractivity contribution in [3.63, 3.8) is 0 Å². The lowest BCUT2D eigenvalue weighted by atomic mass is 10.4. The van der Waals surface area contributed by atoms with E-state index in [1.807, 2.05) is 0 Å². The van der Waals surface area contributed by atoms with Crippen LogP contribution in [0.4, 0.5) is 0 Å². The van der Waals surface area contributed by atoms with E-state index in [1.54, 1.807) is 7.11 Å². The van der Waals surface area contributed by atoms with Crippen LogP contribution >= 0.6 is 11.6 Å². The van der Waals surface area contributed by atoms with Gasteiger partial charge >= 0.3 is 0 Å². The number of halogens is 1. The number of methoxy groups -OCH3 is 1. The maximum atomic E-state index is 5.35. The van der Waals surface area contributed by atoms with Crippen LogP contribution in [0.1, 0.15) is 0 Å². The molecule has 0 aliphatic heterocycles. The molecule has 1 nitrogen and oxygen atoms in total. The highest BCUT2D eigenvalue weighted by Gasteiger charge is 1.85. The molecule has 0 amide bonds. The Bertz CT molecular complexity index is 61.1. The second-order valence-electron chi connectivity index (χ2n) is 1.32. The molecule has 7 heavy (non-hydrogen) atoms. The molecular weight excluding hydrogens is 112 g/mol. The monoisotopic (exact) mass is 120 g/mol. The summed E-state index contributed by atoms with van der Waals surface area (Å²) < 4.78 is 4.71. The summed E-state index contributed by atoms with van der Waals surface area (Å²) in [5, 5.41) is 0. The number of ether oxygens (including phenoxy) is 1. The second-order valence-corrected chi connectivity index (χ2v) is 1.58. The summed E-state index contributed by atoms with van der Waals surface area (Å²) in [6, 6.07) is 0. The Balaban J connectivity index is 3.00. The molecule has 0 aromatic rings. The van der Waals surface area contributed by atoms with Crippen molar-refractivity contribution >= 4 is 11.6 Å². The van der Waals surface area contributed by atoms with Gasteiger partial charge in [-0.05, 0) is 5.57 Å². The number of hydrogen-bond donors (Lipinski definition) is 0. The fraction of sp³-hybridized carbons (Fsp3) is 0.600. The average molecular weight is 121 g/mol. The highest BCUT2D eigenvalue weighted by Crippen LogP contribution is 1.91. The van der Waals surface area contributed by atoms with Crippen molar-refractivity contribution in [2.75, 3.05) is 19.6 Å². The van der Waals surface area contributed by atoms with E-state index in [4.69, 9.17) is 16.3 Å². The molecule has 0 bridgehead atoms. The lowest BCUT2D eigenvalue weighted by Gasteiger charge is -1.94. The Labute approximate surface area is 48.9 Å². The van der Waals surface area contributed by atoms with Gasteiger partial charge in [-0.1, -0.05) is 6.58 Å². The number of hydrogen-bond acceptors (Lipinski definition) is 1. The third-order valence-electron chi connectivity index (χ3n) is 0.537. The van der Waals surface area contributed by atoms with E-state index in [1.165, 1.54) is 0 Å². The molecule has 0 fully saturated rings. The topological polar surface area (TPSA) is 9.23 Å². The molecule has 0 aromatic heterocycles. The first kappa shape index (κ1) is 6.99. The summed E-state index contributed by atoms with van der Waals surface area (Å²) >= 11 is 5.35. The van der Waals surface area contributed by atoms with Gasteiger partial charge in [0, 0.05) is 13.0 Å². The van der Waals surface area contributed by atoms with Crippen molar-refractivity contribution in [2.24, 2.45) is 0 Å². The zero-order chi connectivity index (χ0) is 5.70. The Morgan fingerprint density at radius 2 is 2.43 bits per heavy atom. The normalized spacial score (nSPS) is 8.86. The molecule has 0 radical (unpaired) electrons. The second kappa shape index (κ2) is 4.16. The van der Waals surface area contributed by atoms with Gasteiger partial charge in [-0.2, -0.15) is 0 Å². The maximum absolute atomic E-state index is 5.35. The van der Waals surface area contributed by atoms with Gasteiger partial charge in [0.1, 0.15) is 0 Å². The van der Waals surface area contributed by atoms with E-state index in [9.17, 15) is 0 Å². The van der Waals surface area contributed by atoms with Crippen LogP contribution in [0.3, 0.4) is 0 Å². The standard InChI is InChI=1S/C5H9ClO/c1-5(3-6)4-7-2/h1,3-4H2,2H3. The van der Waals surface area contributed by atoms with E-state index in [-0.39, 0.29) is 0 Å². The van der Waals surface area contributed by atoms with Crippen LogP contribution in [0, 0.1) is 0 Å². The van der Waals surface area contributed by atoms with E-state index in [2.05, 4.69) is 6.58 Å². The van der Waals surface area contributed by atoms with Crippen LogP contribution in [-0.4, -0.2) is 19.6 Å². The molecule has 0 aromatic carbocycles. The molecular formula is C5H9ClO. The molecule has 42 valence electrons. The Morgan fingerprint density at radius 3 is 2.57 bits per heavy atom. The minimum Gasteiger partial charge on any atom is -0.380 e. The van der Waals surface area contributed by atoms with Crippen molar-refractivity contribution in [3.05, 3.63) is 12.2 Å². The minimum absolute atomic E-state index is 0.494. The van der Waals surface area contributed by atoms with E-state index < -0.39 is 0 Å². The maximum Gasteiger partial charge on any atom is 0.0681 e. The fourth-order valence-corrected chi connectivity index (χ4v) is 0.320. The summed E-state index contributed by atoms with van der Waals surface area (Å²) in [6.45, 7) is 4.18. The minimum atomic E-state index is 0.494. The van der Waals surface area contributed by atoms with Crippen molar-refractivity contribution < 1.29 is 4.74 Å². The number of alkyl halides is 1. The predicted molar refractivity (Wildman–Crippen MR) is 31.7 cm³/mol. The van der Waals surface area contributed by atoms with Crippen LogP contribution in [0.25, 0.3) is 0 Å². The predicted octanol–water partition coefficient (Wildman–Crippen LogP) is 1.43. The lowest BCUT2D eigenvalue weighted by molar-refractivity contribution is 0.226. The third kappa shape index (κ3) is 3.83. The summed E-state index contributed by atoms with van der Waals surface area (Å²) in [4.78, 5) is 0. The highest BCUT2D eigenvalue weighted by molar-refractivity contribution is 6.19. The first-order chi connectivity index (χ1) is 3.31. The molecule has 0 spiro atoms. The van der Waals surface area contributed by atoms with Gasteiger partial charge in [-0.15, -0.1) is 11.6 Å². The SMILES string of the molecule is C=C(CCl)COC. The first-order valence-corrected chi connectivity index (χ1v) is 2.56. The van der Waals surface area contributed by atoms with Crippen LogP contribution in [0.5, 0.6) is 0 Å². The third-order valence-corrected chi connectivity index (χ3v) is 0.915. The summed E-state index contributed by atoms with van der Waals surface area (Å²) in [7, 11) is 1.62. The lowest BCUT2D eigenvalue weighted by Crippen LogP contribution is -1.92. The van der Waals surface area contributed by atoms with Gasteiger partial charge in [-0.25, -0.2) is 0 Å². The van der Waals surface area contributed by atoms with E-state index in [0.29, 0.717) is 12.5 Å². The van der Waals surface area contributed by atoms with Crippen molar-refractivity contribution in [3.8, 4) is 0 Å². The molecule has 0 unspecified atom stereocenters. The molecule has 0 atom stereocenters. The fourth-order valence-electron chi connectivity index (χ4n) is 0.243. The van der Waals surface area contributed by atoms with Crippen LogP contribution in [0.2, 0.25) is 0 Å². The zero-order valence-corrected chi connectivity index (χ0v) is 5.16. The average Bonchev–Trinajstić information content (AvgIpc) is 1.68. The molecule has 0 rings (SSSR count). The zero-order valence-electron chi connectivity index (χ0n) is 4.41. The van der Waals surface area contributed by atoms with Gasteiger partial charge in [0.25, 0.3) is 0 Å². The first-order valence-electron chi connectivity index (χ1n) is 2.02. The summed E-state index contributed by atoms with van der Waals surface area (Å²) in [5.41, 5.74) is 0.921. The van der Waals surface area contributed by atoms with Gasteiger partial charge in [0.05, 0.1) is 6.61 Å².